The van der Waals surface area contributed by atoms with Crippen LogP contribution in [0, 0.1) is 6.92 Å². The largest absolute Gasteiger partial charge is 0.494 e. The minimum Gasteiger partial charge on any atom is -0.494 e. The third-order valence-corrected chi connectivity index (χ3v) is 5.12. The average Bonchev–Trinajstić information content (AvgIpc) is 3.11. The molecule has 6 heteroatoms. The van der Waals surface area contributed by atoms with Crippen molar-refractivity contribution in [3.05, 3.63) is 71.8 Å². The van der Waals surface area contributed by atoms with Gasteiger partial charge in [-0.05, 0) is 55.8 Å². The Bertz CT molecular complexity index is 1060. The van der Waals surface area contributed by atoms with Gasteiger partial charge in [-0.1, -0.05) is 41.6 Å². The second kappa shape index (κ2) is 7.80. The van der Waals surface area contributed by atoms with E-state index in [0.29, 0.717) is 6.61 Å². The molecule has 0 saturated heterocycles. The molecule has 136 valence electrons. The summed E-state index contributed by atoms with van der Waals surface area (Å²) in [6, 6.07) is 20.3. The molecule has 0 aliphatic carbocycles. The SMILES string of the molecule is CCOc1ccc(-c2nnc3ccc(SCc4cccc(C)c4)nn23)cc1. The minimum absolute atomic E-state index is 0.649. The van der Waals surface area contributed by atoms with E-state index in [9.17, 15) is 0 Å². The number of hydrogen-bond acceptors (Lipinski definition) is 5. The number of aryl methyl sites for hydroxylation is 1. The molecule has 2 aromatic heterocycles. The van der Waals surface area contributed by atoms with Crippen molar-refractivity contribution in [3.63, 3.8) is 0 Å². The molecule has 27 heavy (non-hydrogen) atoms. The Kier molecular flexibility index (Phi) is 5.07. The fraction of sp³-hybridized carbons (Fsp3) is 0.190. The maximum Gasteiger partial charge on any atom is 0.185 e. The second-order valence-electron chi connectivity index (χ2n) is 6.20. The summed E-state index contributed by atoms with van der Waals surface area (Å²) in [4.78, 5) is 0. The number of fused-ring (bicyclic) bond motifs is 1. The molecule has 0 unspecified atom stereocenters. The van der Waals surface area contributed by atoms with Gasteiger partial charge >= 0.3 is 0 Å². The van der Waals surface area contributed by atoms with Gasteiger partial charge in [0, 0.05) is 11.3 Å². The zero-order chi connectivity index (χ0) is 18.6. The standard InChI is InChI=1S/C21H20N4OS/c1-3-26-18-9-7-17(8-10-18)21-23-22-19-11-12-20(24-25(19)21)27-14-16-6-4-5-15(2)13-16/h4-13H,3,14H2,1-2H3. The highest BCUT2D eigenvalue weighted by Gasteiger charge is 2.10. The van der Waals surface area contributed by atoms with Crippen LogP contribution < -0.4 is 4.74 Å². The number of nitrogens with zero attached hydrogens (tertiary/aromatic N) is 4. The van der Waals surface area contributed by atoms with Gasteiger partial charge in [0.1, 0.15) is 10.8 Å². The van der Waals surface area contributed by atoms with Crippen LogP contribution in [0.15, 0.2) is 65.7 Å². The normalized spacial score (nSPS) is 11.0. The topological polar surface area (TPSA) is 52.3 Å². The summed E-state index contributed by atoms with van der Waals surface area (Å²) in [5, 5.41) is 14.2. The summed E-state index contributed by atoms with van der Waals surface area (Å²) in [6.45, 7) is 4.73. The fourth-order valence-corrected chi connectivity index (χ4v) is 3.65. The van der Waals surface area contributed by atoms with Crippen molar-refractivity contribution >= 4 is 17.4 Å². The zero-order valence-corrected chi connectivity index (χ0v) is 16.1. The molecular weight excluding hydrogens is 356 g/mol. The molecular formula is C21H20N4OS. The molecule has 2 heterocycles. The molecule has 0 saturated carbocycles. The van der Waals surface area contributed by atoms with Gasteiger partial charge in [0.05, 0.1) is 6.61 Å². The van der Waals surface area contributed by atoms with E-state index in [1.54, 1.807) is 16.3 Å². The molecule has 0 spiro atoms. The highest BCUT2D eigenvalue weighted by molar-refractivity contribution is 7.98. The van der Waals surface area contributed by atoms with Gasteiger partial charge in [-0.15, -0.1) is 10.2 Å². The van der Waals surface area contributed by atoms with Crippen molar-refractivity contribution in [2.24, 2.45) is 0 Å². The Morgan fingerprint density at radius 1 is 1.00 bits per heavy atom. The number of aromatic nitrogens is 4. The highest BCUT2D eigenvalue weighted by atomic mass is 32.2. The Hall–Kier alpha value is -2.86. The molecule has 4 aromatic rings. The summed E-state index contributed by atoms with van der Waals surface area (Å²) in [5.41, 5.74) is 4.25. The van der Waals surface area contributed by atoms with Gasteiger partial charge in [-0.2, -0.15) is 9.61 Å². The van der Waals surface area contributed by atoms with E-state index < -0.39 is 0 Å². The summed E-state index contributed by atoms with van der Waals surface area (Å²) in [7, 11) is 0. The predicted octanol–water partition coefficient (Wildman–Crippen LogP) is 4.79. The van der Waals surface area contributed by atoms with Crippen LogP contribution in [0.2, 0.25) is 0 Å². The van der Waals surface area contributed by atoms with E-state index >= 15 is 0 Å². The molecule has 2 aromatic carbocycles. The van der Waals surface area contributed by atoms with E-state index in [1.165, 1.54) is 11.1 Å². The summed E-state index contributed by atoms with van der Waals surface area (Å²) < 4.78 is 7.31. The van der Waals surface area contributed by atoms with Crippen molar-refractivity contribution < 1.29 is 4.74 Å². The quantitative estimate of drug-likeness (QED) is 0.453. The minimum atomic E-state index is 0.649. The molecule has 0 fully saturated rings. The number of rotatable bonds is 6. The lowest BCUT2D eigenvalue weighted by atomic mass is 10.2. The van der Waals surface area contributed by atoms with Crippen LogP contribution in [0.5, 0.6) is 5.75 Å². The summed E-state index contributed by atoms with van der Waals surface area (Å²) in [6.07, 6.45) is 0. The number of benzene rings is 2. The van der Waals surface area contributed by atoms with E-state index in [-0.39, 0.29) is 0 Å². The van der Waals surface area contributed by atoms with Crippen LogP contribution in [-0.2, 0) is 5.75 Å². The fourth-order valence-electron chi connectivity index (χ4n) is 2.86. The van der Waals surface area contributed by atoms with Crippen molar-refractivity contribution in [2.45, 2.75) is 24.6 Å². The Balaban J connectivity index is 1.59. The van der Waals surface area contributed by atoms with Crippen molar-refractivity contribution in [1.82, 2.24) is 19.8 Å². The molecule has 0 amide bonds. The first-order valence-corrected chi connectivity index (χ1v) is 9.85. The average molecular weight is 376 g/mol. The molecule has 5 nitrogen and oxygen atoms in total. The summed E-state index contributed by atoms with van der Waals surface area (Å²) >= 11 is 1.71. The third kappa shape index (κ3) is 3.95. The molecule has 0 radical (unpaired) electrons. The maximum absolute atomic E-state index is 5.51. The number of hydrogen-bond donors (Lipinski definition) is 0. The van der Waals surface area contributed by atoms with Crippen LogP contribution in [0.4, 0.5) is 0 Å². The van der Waals surface area contributed by atoms with Gasteiger partial charge in [0.25, 0.3) is 0 Å². The van der Waals surface area contributed by atoms with Gasteiger partial charge in [0.2, 0.25) is 0 Å². The maximum atomic E-state index is 5.51. The second-order valence-corrected chi connectivity index (χ2v) is 7.20. The van der Waals surface area contributed by atoms with E-state index in [4.69, 9.17) is 9.84 Å². The summed E-state index contributed by atoms with van der Waals surface area (Å²) in [5.74, 6) is 2.45. The lowest BCUT2D eigenvalue weighted by Crippen LogP contribution is -1.97. The number of thioether (sulfide) groups is 1. The van der Waals surface area contributed by atoms with Gasteiger partial charge in [0.15, 0.2) is 11.5 Å². The van der Waals surface area contributed by atoms with Crippen molar-refractivity contribution in [3.8, 4) is 17.1 Å². The predicted molar refractivity (Wildman–Crippen MR) is 108 cm³/mol. The molecule has 4 rings (SSSR count). The van der Waals surface area contributed by atoms with Crippen molar-refractivity contribution in [2.75, 3.05) is 6.61 Å². The zero-order valence-electron chi connectivity index (χ0n) is 15.3. The van der Waals surface area contributed by atoms with Crippen LogP contribution >= 0.6 is 11.8 Å². The lowest BCUT2D eigenvalue weighted by Gasteiger charge is -2.05. The third-order valence-electron chi connectivity index (χ3n) is 4.13. The lowest BCUT2D eigenvalue weighted by molar-refractivity contribution is 0.340. The van der Waals surface area contributed by atoms with E-state index in [1.807, 2.05) is 43.3 Å². The smallest absolute Gasteiger partial charge is 0.185 e. The number of ether oxygens (including phenoxy) is 1. The van der Waals surface area contributed by atoms with Crippen LogP contribution in [0.3, 0.4) is 0 Å². The van der Waals surface area contributed by atoms with Crippen molar-refractivity contribution in [1.29, 1.82) is 0 Å². The molecule has 0 atom stereocenters. The van der Waals surface area contributed by atoms with Gasteiger partial charge in [-0.25, -0.2) is 0 Å². The molecule has 0 aliphatic heterocycles. The first-order valence-electron chi connectivity index (χ1n) is 8.87. The molecule has 0 aliphatic rings. The van der Waals surface area contributed by atoms with Crippen LogP contribution in [0.25, 0.3) is 17.0 Å². The Morgan fingerprint density at radius 2 is 1.85 bits per heavy atom. The first-order chi connectivity index (χ1) is 13.2. The Labute approximate surface area is 162 Å². The first kappa shape index (κ1) is 17.5. The van der Waals surface area contributed by atoms with Crippen LogP contribution in [0.1, 0.15) is 18.1 Å². The van der Waals surface area contributed by atoms with Gasteiger partial charge < -0.3 is 4.74 Å². The molecule has 0 bridgehead atoms. The Morgan fingerprint density at radius 3 is 2.63 bits per heavy atom. The highest BCUT2D eigenvalue weighted by Crippen LogP contribution is 2.24. The van der Waals surface area contributed by atoms with Crippen LogP contribution in [-0.4, -0.2) is 26.4 Å². The van der Waals surface area contributed by atoms with E-state index in [2.05, 4.69) is 41.4 Å². The van der Waals surface area contributed by atoms with E-state index in [0.717, 1.165) is 33.6 Å². The van der Waals surface area contributed by atoms with Gasteiger partial charge in [-0.3, -0.25) is 0 Å². The monoisotopic (exact) mass is 376 g/mol. The molecule has 0 N–H and O–H groups in total.